The van der Waals surface area contributed by atoms with Gasteiger partial charge < -0.3 is 4.74 Å². The van der Waals surface area contributed by atoms with E-state index >= 15 is 0 Å². The summed E-state index contributed by atoms with van der Waals surface area (Å²) < 4.78 is 7.13. The molecule has 0 saturated heterocycles. The van der Waals surface area contributed by atoms with Gasteiger partial charge in [0.1, 0.15) is 11.8 Å². The monoisotopic (exact) mass is 304 g/mol. The summed E-state index contributed by atoms with van der Waals surface area (Å²) >= 11 is 0. The first-order valence-electron chi connectivity index (χ1n) is 7.33. The van der Waals surface area contributed by atoms with Crippen molar-refractivity contribution in [3.05, 3.63) is 65.4 Å². The third kappa shape index (κ3) is 2.82. The molecule has 3 rings (SSSR count). The lowest BCUT2D eigenvalue weighted by Crippen LogP contribution is -2.18. The van der Waals surface area contributed by atoms with Gasteiger partial charge in [-0.3, -0.25) is 9.36 Å². The molecule has 0 fully saturated rings. The Hall–Kier alpha value is -3.06. The molecule has 0 saturated carbocycles. The smallest absolute Gasteiger partial charge is 0.269 e. The molecule has 4 heteroatoms. The summed E-state index contributed by atoms with van der Waals surface area (Å²) in [7, 11) is 0. The molecule has 23 heavy (non-hydrogen) atoms. The molecule has 1 heterocycles. The topological polar surface area (TPSA) is 55.0 Å². The highest BCUT2D eigenvalue weighted by atomic mass is 16.5. The van der Waals surface area contributed by atoms with Crippen molar-refractivity contribution in [2.24, 2.45) is 0 Å². The van der Waals surface area contributed by atoms with Gasteiger partial charge >= 0.3 is 0 Å². The lowest BCUT2D eigenvalue weighted by molar-refractivity contribution is 0.0842. The number of nitrogens with zero attached hydrogens (tertiary/aromatic N) is 2. The Balaban J connectivity index is 1.85. The van der Waals surface area contributed by atoms with Gasteiger partial charge in [-0.1, -0.05) is 35.9 Å². The minimum atomic E-state index is -0.206. The number of benzene rings is 2. The first kappa shape index (κ1) is 14.9. The van der Waals surface area contributed by atoms with Crippen LogP contribution >= 0.6 is 0 Å². The molecule has 0 amide bonds. The Morgan fingerprint density at radius 1 is 1.22 bits per heavy atom. The normalized spacial score (nSPS) is 10.5. The molecule has 0 N–H and O–H groups in total. The fourth-order valence-corrected chi connectivity index (χ4v) is 2.65. The Morgan fingerprint density at radius 2 is 2.00 bits per heavy atom. The highest BCUT2D eigenvalue weighted by molar-refractivity contribution is 5.96. The average molecular weight is 304 g/mol. The van der Waals surface area contributed by atoms with Crippen molar-refractivity contribution in [2.75, 3.05) is 6.61 Å². The second kappa shape index (κ2) is 5.98. The minimum absolute atomic E-state index is 0.0759. The van der Waals surface area contributed by atoms with Crippen molar-refractivity contribution in [3.8, 4) is 11.8 Å². The van der Waals surface area contributed by atoms with Gasteiger partial charge in [-0.25, -0.2) is 0 Å². The number of rotatable bonds is 3. The van der Waals surface area contributed by atoms with E-state index < -0.39 is 0 Å². The van der Waals surface area contributed by atoms with Crippen molar-refractivity contribution in [3.63, 3.8) is 0 Å². The molecule has 0 bridgehead atoms. The maximum atomic E-state index is 12.5. The summed E-state index contributed by atoms with van der Waals surface area (Å²) in [5.41, 5.74) is 3.35. The van der Waals surface area contributed by atoms with Gasteiger partial charge in [-0.15, -0.1) is 0 Å². The number of aromatic nitrogens is 1. The zero-order chi connectivity index (χ0) is 16.4. The highest BCUT2D eigenvalue weighted by Crippen LogP contribution is 2.22. The fraction of sp³-hybridized carbons (Fsp3) is 0.158. The standard InChI is InChI=1S/C19H16N2O2/c1-13-7-8-18(14(2)9-13)23-12-19(22)21-11-15(10-20)16-5-3-4-6-17(16)21/h3-9,11H,12H2,1-2H3. The van der Waals surface area contributed by atoms with E-state index in [0.29, 0.717) is 11.3 Å². The molecule has 114 valence electrons. The van der Waals surface area contributed by atoms with E-state index in [-0.39, 0.29) is 12.5 Å². The van der Waals surface area contributed by atoms with E-state index in [4.69, 9.17) is 4.74 Å². The zero-order valence-electron chi connectivity index (χ0n) is 13.0. The van der Waals surface area contributed by atoms with Crippen LogP contribution in [-0.4, -0.2) is 17.1 Å². The van der Waals surface area contributed by atoms with E-state index in [9.17, 15) is 10.1 Å². The van der Waals surface area contributed by atoms with Crippen molar-refractivity contribution in [1.29, 1.82) is 5.26 Å². The van der Waals surface area contributed by atoms with Gasteiger partial charge in [0.05, 0.1) is 11.1 Å². The van der Waals surface area contributed by atoms with E-state index in [1.165, 1.54) is 4.57 Å². The molecule has 0 spiro atoms. The quantitative estimate of drug-likeness (QED) is 0.738. The Morgan fingerprint density at radius 3 is 2.74 bits per heavy atom. The summed E-state index contributed by atoms with van der Waals surface area (Å²) in [6.07, 6.45) is 1.57. The third-order valence-electron chi connectivity index (χ3n) is 3.78. The van der Waals surface area contributed by atoms with Crippen LogP contribution in [0.2, 0.25) is 0 Å². The molecule has 2 aromatic carbocycles. The zero-order valence-corrected chi connectivity index (χ0v) is 13.0. The minimum Gasteiger partial charge on any atom is -0.483 e. The number of para-hydroxylation sites is 1. The molecule has 0 aliphatic heterocycles. The number of aryl methyl sites for hydroxylation is 2. The molecule has 0 unspecified atom stereocenters. The van der Waals surface area contributed by atoms with Crippen molar-refractivity contribution in [1.82, 2.24) is 4.57 Å². The van der Waals surface area contributed by atoms with Gasteiger partial charge in [0.2, 0.25) is 0 Å². The highest BCUT2D eigenvalue weighted by Gasteiger charge is 2.14. The van der Waals surface area contributed by atoms with E-state index in [2.05, 4.69) is 6.07 Å². The molecule has 1 aromatic heterocycles. The maximum Gasteiger partial charge on any atom is 0.269 e. The maximum absolute atomic E-state index is 12.5. The summed E-state index contributed by atoms with van der Waals surface area (Å²) in [5.74, 6) is 0.489. The van der Waals surface area contributed by atoms with Gasteiger partial charge in [-0.05, 0) is 31.5 Å². The Bertz CT molecular complexity index is 932. The van der Waals surface area contributed by atoms with Crippen LogP contribution in [0.25, 0.3) is 10.9 Å². The predicted octanol–water partition coefficient (Wildman–Crippen LogP) is 3.85. The first-order valence-corrected chi connectivity index (χ1v) is 7.33. The van der Waals surface area contributed by atoms with Crippen LogP contribution in [0.1, 0.15) is 21.5 Å². The molecule has 0 aliphatic rings. The first-order chi connectivity index (χ1) is 11.1. The van der Waals surface area contributed by atoms with E-state index in [1.807, 2.05) is 56.3 Å². The predicted molar refractivity (Wildman–Crippen MR) is 88.7 cm³/mol. The number of carbonyl (C=O) groups is 1. The number of nitriles is 1. The van der Waals surface area contributed by atoms with Crippen molar-refractivity contribution >= 4 is 16.8 Å². The van der Waals surface area contributed by atoms with Crippen molar-refractivity contribution < 1.29 is 9.53 Å². The van der Waals surface area contributed by atoms with E-state index in [0.717, 1.165) is 22.0 Å². The largest absolute Gasteiger partial charge is 0.483 e. The number of ether oxygens (including phenoxy) is 1. The van der Waals surface area contributed by atoms with Crippen LogP contribution < -0.4 is 4.74 Å². The van der Waals surface area contributed by atoms with Gasteiger partial charge in [0.15, 0.2) is 6.61 Å². The Kier molecular flexibility index (Phi) is 3.86. The number of fused-ring (bicyclic) bond motifs is 1. The van der Waals surface area contributed by atoms with Crippen LogP contribution in [-0.2, 0) is 0 Å². The number of carbonyl (C=O) groups excluding carboxylic acids is 1. The molecular formula is C19H16N2O2. The summed E-state index contributed by atoms with van der Waals surface area (Å²) in [6, 6.07) is 15.3. The Labute approximate surface area is 134 Å². The summed E-state index contributed by atoms with van der Waals surface area (Å²) in [4.78, 5) is 12.5. The van der Waals surface area contributed by atoms with Gasteiger partial charge in [-0.2, -0.15) is 5.26 Å². The summed E-state index contributed by atoms with van der Waals surface area (Å²) in [6.45, 7) is 3.89. The summed E-state index contributed by atoms with van der Waals surface area (Å²) in [5, 5.41) is 9.97. The lowest BCUT2D eigenvalue weighted by Gasteiger charge is -2.10. The van der Waals surface area contributed by atoms with Crippen LogP contribution in [0.15, 0.2) is 48.7 Å². The lowest BCUT2D eigenvalue weighted by atomic mass is 10.1. The van der Waals surface area contributed by atoms with Crippen LogP contribution in [0.4, 0.5) is 0 Å². The molecule has 4 nitrogen and oxygen atoms in total. The second-order valence-electron chi connectivity index (χ2n) is 5.49. The third-order valence-corrected chi connectivity index (χ3v) is 3.78. The van der Waals surface area contributed by atoms with Crippen LogP contribution in [0, 0.1) is 25.2 Å². The number of hydrogen-bond donors (Lipinski definition) is 0. The van der Waals surface area contributed by atoms with E-state index in [1.54, 1.807) is 6.20 Å². The van der Waals surface area contributed by atoms with Crippen LogP contribution in [0.3, 0.4) is 0 Å². The molecular weight excluding hydrogens is 288 g/mol. The SMILES string of the molecule is Cc1ccc(OCC(=O)n2cc(C#N)c3ccccc32)c(C)c1. The molecule has 0 aliphatic carbocycles. The van der Waals surface area contributed by atoms with Gasteiger partial charge in [0, 0.05) is 11.6 Å². The van der Waals surface area contributed by atoms with Crippen LogP contribution in [0.5, 0.6) is 5.75 Å². The second-order valence-corrected chi connectivity index (χ2v) is 5.49. The van der Waals surface area contributed by atoms with Crippen molar-refractivity contribution in [2.45, 2.75) is 13.8 Å². The fourth-order valence-electron chi connectivity index (χ4n) is 2.65. The molecule has 3 aromatic rings. The molecule has 0 radical (unpaired) electrons. The average Bonchev–Trinajstić information content (AvgIpc) is 2.93. The molecule has 0 atom stereocenters. The number of hydrogen-bond acceptors (Lipinski definition) is 3. The van der Waals surface area contributed by atoms with Gasteiger partial charge in [0.25, 0.3) is 5.91 Å².